The first kappa shape index (κ1) is 13.9. The number of hydrogen-bond acceptors (Lipinski definition) is 2. The maximum atomic E-state index is 3.83. The van der Waals surface area contributed by atoms with Gasteiger partial charge in [-0.3, -0.25) is 4.90 Å². The largest absolute Gasteiger partial charge is 0.312 e. The molecule has 2 nitrogen and oxygen atoms in total. The van der Waals surface area contributed by atoms with E-state index < -0.39 is 0 Å². The smallest absolute Gasteiger partial charge is 0.0195 e. The maximum absolute atomic E-state index is 3.83. The van der Waals surface area contributed by atoms with Crippen molar-refractivity contribution in [1.29, 1.82) is 0 Å². The van der Waals surface area contributed by atoms with E-state index in [-0.39, 0.29) is 0 Å². The van der Waals surface area contributed by atoms with Gasteiger partial charge in [-0.15, -0.1) is 0 Å². The lowest BCUT2D eigenvalue weighted by Crippen LogP contribution is -2.47. The third kappa shape index (κ3) is 3.33. The Labute approximate surface area is 119 Å². The van der Waals surface area contributed by atoms with E-state index in [1.165, 1.54) is 77.3 Å². The van der Waals surface area contributed by atoms with Gasteiger partial charge in [-0.25, -0.2) is 0 Å². The molecule has 0 aromatic heterocycles. The number of nitrogens with zero attached hydrogens (tertiary/aromatic N) is 1. The molecule has 0 aromatic rings. The van der Waals surface area contributed by atoms with Crippen molar-refractivity contribution in [2.24, 2.45) is 5.92 Å². The highest BCUT2D eigenvalue weighted by molar-refractivity contribution is 4.90. The highest BCUT2D eigenvalue weighted by atomic mass is 15.2. The molecule has 1 saturated heterocycles. The van der Waals surface area contributed by atoms with Gasteiger partial charge in [-0.1, -0.05) is 25.7 Å². The molecule has 2 aliphatic carbocycles. The Bertz CT molecular complexity index is 266. The molecule has 2 saturated carbocycles. The van der Waals surface area contributed by atoms with Gasteiger partial charge in [0.2, 0.25) is 0 Å². The van der Waals surface area contributed by atoms with E-state index in [1.807, 2.05) is 0 Å². The van der Waals surface area contributed by atoms with Gasteiger partial charge >= 0.3 is 0 Å². The third-order valence-corrected chi connectivity index (χ3v) is 5.91. The van der Waals surface area contributed by atoms with Crippen LogP contribution in [0.25, 0.3) is 0 Å². The van der Waals surface area contributed by atoms with Crippen LogP contribution in [0.1, 0.15) is 71.1 Å². The summed E-state index contributed by atoms with van der Waals surface area (Å²) in [5.41, 5.74) is 0. The van der Waals surface area contributed by atoms with Crippen LogP contribution >= 0.6 is 0 Å². The Hall–Kier alpha value is -0.0800. The van der Waals surface area contributed by atoms with Gasteiger partial charge < -0.3 is 5.32 Å². The predicted octanol–water partition coefficient (Wildman–Crippen LogP) is 3.56. The van der Waals surface area contributed by atoms with Gasteiger partial charge in [0.05, 0.1) is 0 Å². The Morgan fingerprint density at radius 1 is 0.947 bits per heavy atom. The summed E-state index contributed by atoms with van der Waals surface area (Å²) < 4.78 is 0. The van der Waals surface area contributed by atoms with E-state index in [4.69, 9.17) is 0 Å². The van der Waals surface area contributed by atoms with Crippen molar-refractivity contribution in [2.75, 3.05) is 13.1 Å². The molecule has 2 heteroatoms. The number of likely N-dealkylation sites (tertiary alicyclic amines) is 1. The van der Waals surface area contributed by atoms with Gasteiger partial charge in [-0.05, 0) is 57.9 Å². The molecular weight excluding hydrogens is 232 g/mol. The molecule has 2 unspecified atom stereocenters. The minimum Gasteiger partial charge on any atom is -0.312 e. The Morgan fingerprint density at radius 2 is 1.63 bits per heavy atom. The second-order valence-corrected chi connectivity index (χ2v) is 7.23. The monoisotopic (exact) mass is 264 g/mol. The summed E-state index contributed by atoms with van der Waals surface area (Å²) in [4.78, 5) is 2.85. The second kappa shape index (κ2) is 6.58. The van der Waals surface area contributed by atoms with Crippen LogP contribution < -0.4 is 5.32 Å². The third-order valence-electron chi connectivity index (χ3n) is 5.91. The minimum atomic E-state index is 0.744. The summed E-state index contributed by atoms with van der Waals surface area (Å²) >= 11 is 0. The average Bonchev–Trinajstić information content (AvgIpc) is 3.14. The van der Waals surface area contributed by atoms with Gasteiger partial charge in [0, 0.05) is 24.7 Å². The van der Waals surface area contributed by atoms with Crippen LogP contribution in [0.5, 0.6) is 0 Å². The van der Waals surface area contributed by atoms with E-state index in [1.54, 1.807) is 0 Å². The first-order valence-corrected chi connectivity index (χ1v) is 8.84. The minimum absolute atomic E-state index is 0.744. The van der Waals surface area contributed by atoms with Crippen LogP contribution in [-0.2, 0) is 0 Å². The summed E-state index contributed by atoms with van der Waals surface area (Å²) in [5, 5.41) is 3.83. The first-order chi connectivity index (χ1) is 9.34. The van der Waals surface area contributed by atoms with E-state index in [0.717, 1.165) is 24.0 Å². The van der Waals surface area contributed by atoms with Crippen LogP contribution in [-0.4, -0.2) is 36.1 Å². The molecule has 3 aliphatic rings. The highest BCUT2D eigenvalue weighted by Gasteiger charge is 2.35. The molecule has 0 spiro atoms. The van der Waals surface area contributed by atoms with Crippen LogP contribution in [0.3, 0.4) is 0 Å². The summed E-state index contributed by atoms with van der Waals surface area (Å²) in [6.07, 6.45) is 14.6. The van der Waals surface area contributed by atoms with Crippen LogP contribution in [0.4, 0.5) is 0 Å². The number of rotatable bonds is 5. The second-order valence-electron chi connectivity index (χ2n) is 7.23. The fourth-order valence-electron chi connectivity index (χ4n) is 4.79. The standard InChI is InChI=1S/C17H32N2/c1-14(13-18-16-9-4-5-10-16)19-12-6-11-17(19)15-7-2-3-8-15/h14-18H,2-13H2,1H3. The molecule has 2 atom stereocenters. The molecule has 0 bridgehead atoms. The molecule has 3 fully saturated rings. The van der Waals surface area contributed by atoms with Gasteiger partial charge in [-0.2, -0.15) is 0 Å². The lowest BCUT2D eigenvalue weighted by Gasteiger charge is -2.35. The Balaban J connectivity index is 1.48. The topological polar surface area (TPSA) is 15.3 Å². The Kier molecular flexibility index (Phi) is 4.81. The predicted molar refractivity (Wildman–Crippen MR) is 81.4 cm³/mol. The molecule has 1 aliphatic heterocycles. The number of hydrogen-bond donors (Lipinski definition) is 1. The summed E-state index contributed by atoms with van der Waals surface area (Å²) in [7, 11) is 0. The van der Waals surface area contributed by atoms with Crippen LogP contribution in [0, 0.1) is 5.92 Å². The van der Waals surface area contributed by atoms with E-state index >= 15 is 0 Å². The lowest BCUT2D eigenvalue weighted by atomic mass is 9.95. The van der Waals surface area contributed by atoms with Crippen molar-refractivity contribution >= 4 is 0 Å². The van der Waals surface area contributed by atoms with Crippen molar-refractivity contribution in [3.8, 4) is 0 Å². The molecular formula is C17H32N2. The summed E-state index contributed by atoms with van der Waals surface area (Å²) in [6.45, 7) is 5.03. The van der Waals surface area contributed by atoms with E-state index in [2.05, 4.69) is 17.1 Å². The van der Waals surface area contributed by atoms with Crippen molar-refractivity contribution in [1.82, 2.24) is 10.2 Å². The quantitative estimate of drug-likeness (QED) is 0.817. The molecule has 0 aromatic carbocycles. The molecule has 1 N–H and O–H groups in total. The summed E-state index contributed by atoms with van der Waals surface area (Å²) in [5.74, 6) is 1.02. The fourth-order valence-corrected chi connectivity index (χ4v) is 4.79. The van der Waals surface area contributed by atoms with Crippen LogP contribution in [0.15, 0.2) is 0 Å². The van der Waals surface area contributed by atoms with Gasteiger partial charge in [0.15, 0.2) is 0 Å². The van der Waals surface area contributed by atoms with E-state index in [9.17, 15) is 0 Å². The zero-order valence-corrected chi connectivity index (χ0v) is 12.7. The molecule has 19 heavy (non-hydrogen) atoms. The van der Waals surface area contributed by atoms with Gasteiger partial charge in [0.1, 0.15) is 0 Å². The van der Waals surface area contributed by atoms with Crippen molar-refractivity contribution in [3.63, 3.8) is 0 Å². The van der Waals surface area contributed by atoms with Crippen molar-refractivity contribution in [3.05, 3.63) is 0 Å². The average molecular weight is 264 g/mol. The normalized spacial score (nSPS) is 32.4. The molecule has 1 heterocycles. The maximum Gasteiger partial charge on any atom is 0.0195 e. The molecule has 0 amide bonds. The number of nitrogens with one attached hydrogen (secondary N) is 1. The zero-order chi connectivity index (χ0) is 13.1. The SMILES string of the molecule is CC(CNC1CCCC1)N1CCCC1C1CCCC1. The molecule has 3 rings (SSSR count). The van der Waals surface area contributed by atoms with Gasteiger partial charge in [0.25, 0.3) is 0 Å². The highest BCUT2D eigenvalue weighted by Crippen LogP contribution is 2.36. The van der Waals surface area contributed by atoms with Crippen molar-refractivity contribution < 1.29 is 0 Å². The summed E-state index contributed by atoms with van der Waals surface area (Å²) in [6, 6.07) is 2.49. The fraction of sp³-hybridized carbons (Fsp3) is 1.00. The lowest BCUT2D eigenvalue weighted by molar-refractivity contribution is 0.139. The molecule has 0 radical (unpaired) electrons. The molecule has 110 valence electrons. The Morgan fingerprint density at radius 3 is 2.37 bits per heavy atom. The van der Waals surface area contributed by atoms with Crippen molar-refractivity contribution in [2.45, 2.75) is 89.3 Å². The zero-order valence-electron chi connectivity index (χ0n) is 12.7. The first-order valence-electron chi connectivity index (χ1n) is 8.84. The van der Waals surface area contributed by atoms with E-state index in [0.29, 0.717) is 0 Å². The van der Waals surface area contributed by atoms with Crippen LogP contribution in [0.2, 0.25) is 0 Å².